The first kappa shape index (κ1) is 20.4. The van der Waals surface area contributed by atoms with Crippen LogP contribution in [0.3, 0.4) is 0 Å². The quantitative estimate of drug-likeness (QED) is 0.242. The zero-order chi connectivity index (χ0) is 20.2. The van der Waals surface area contributed by atoms with Crippen molar-refractivity contribution in [3.63, 3.8) is 0 Å². The molecule has 2 aliphatic carbocycles. The molecule has 0 saturated heterocycles. The second-order valence-electron chi connectivity index (χ2n) is 8.71. The number of benzene rings is 3. The van der Waals surface area contributed by atoms with Crippen molar-refractivity contribution in [2.24, 2.45) is 0 Å². The molecule has 1 heterocycles. The summed E-state index contributed by atoms with van der Waals surface area (Å²) in [7, 11) is 0. The van der Waals surface area contributed by atoms with Gasteiger partial charge in [0.25, 0.3) is 0 Å². The normalized spacial score (nSPS) is 13.4. The van der Waals surface area contributed by atoms with E-state index >= 15 is 0 Å². The van der Waals surface area contributed by atoms with Gasteiger partial charge in [-0.1, -0.05) is 53.6 Å². The first-order valence-electron chi connectivity index (χ1n) is 10.9. The van der Waals surface area contributed by atoms with Gasteiger partial charge in [-0.05, 0) is 84.7 Å². The van der Waals surface area contributed by atoms with Crippen molar-refractivity contribution in [1.29, 1.82) is 0 Å². The molecule has 0 spiro atoms. The number of aryl methyl sites for hydroxylation is 6. The molecule has 2 heteroatoms. The van der Waals surface area contributed by atoms with E-state index in [1.807, 2.05) is 6.20 Å². The summed E-state index contributed by atoms with van der Waals surface area (Å²) in [5.41, 5.74) is 16.2. The predicted octanol–water partition coefficient (Wildman–Crippen LogP) is 6.69. The second-order valence-corrected chi connectivity index (χ2v) is 8.71. The topological polar surface area (TPSA) is 12.9 Å². The predicted molar refractivity (Wildman–Crippen MR) is 124 cm³/mol. The van der Waals surface area contributed by atoms with Crippen LogP contribution < -0.4 is 0 Å². The van der Waals surface area contributed by atoms with Crippen molar-refractivity contribution < 1.29 is 20.1 Å². The third-order valence-corrected chi connectivity index (χ3v) is 6.83. The molecule has 1 aromatic heterocycles. The van der Waals surface area contributed by atoms with Gasteiger partial charge in [0.15, 0.2) is 0 Å². The minimum absolute atomic E-state index is 0. The van der Waals surface area contributed by atoms with Crippen LogP contribution in [0.1, 0.15) is 33.4 Å². The van der Waals surface area contributed by atoms with Crippen LogP contribution in [0.4, 0.5) is 0 Å². The summed E-state index contributed by atoms with van der Waals surface area (Å²) in [6.45, 7) is 4.37. The molecule has 0 bridgehead atoms. The maximum absolute atomic E-state index is 4.75. The Morgan fingerprint density at radius 2 is 1.39 bits per heavy atom. The van der Waals surface area contributed by atoms with E-state index in [-0.39, 0.29) is 20.1 Å². The van der Waals surface area contributed by atoms with Crippen molar-refractivity contribution in [1.82, 2.24) is 4.98 Å². The van der Waals surface area contributed by atoms with E-state index in [4.69, 9.17) is 4.98 Å². The van der Waals surface area contributed by atoms with Gasteiger partial charge in [0.05, 0.1) is 0 Å². The van der Waals surface area contributed by atoms with E-state index < -0.39 is 0 Å². The minimum Gasteiger partial charge on any atom is -0.305 e. The molecular weight excluding hydrogens is 555 g/mol. The molecule has 0 amide bonds. The first-order chi connectivity index (χ1) is 14.7. The van der Waals surface area contributed by atoms with Crippen molar-refractivity contribution in [3.8, 4) is 33.5 Å². The molecule has 0 saturated carbocycles. The summed E-state index contributed by atoms with van der Waals surface area (Å²) < 4.78 is 0. The smallest absolute Gasteiger partial charge is 0.0166 e. The first-order valence-corrected chi connectivity index (χ1v) is 10.9. The minimum atomic E-state index is 0. The largest absolute Gasteiger partial charge is 0.305 e. The number of hydrogen-bond acceptors (Lipinski definition) is 1. The summed E-state index contributed by atoms with van der Waals surface area (Å²) in [5, 5.41) is 0. The van der Waals surface area contributed by atoms with Crippen LogP contribution in [-0.4, -0.2) is 4.98 Å². The Kier molecular flexibility index (Phi) is 5.16. The van der Waals surface area contributed by atoms with E-state index in [2.05, 4.69) is 74.5 Å². The number of nitrogens with zero attached hydrogens (tertiary/aromatic N) is 1. The van der Waals surface area contributed by atoms with Crippen molar-refractivity contribution in [3.05, 3.63) is 100 Å². The van der Waals surface area contributed by atoms with Gasteiger partial charge in [-0.25, -0.2) is 0 Å². The third-order valence-electron chi connectivity index (χ3n) is 6.83. The van der Waals surface area contributed by atoms with Crippen molar-refractivity contribution in [2.45, 2.75) is 39.5 Å². The fraction of sp³-hybridized carbons (Fsp3) is 0.207. The number of hydrogen-bond donors (Lipinski definition) is 0. The molecule has 31 heavy (non-hydrogen) atoms. The van der Waals surface area contributed by atoms with Gasteiger partial charge in [-0.3, -0.25) is 0 Å². The molecule has 6 rings (SSSR count). The molecule has 155 valence electrons. The number of rotatable bonds is 2. The Morgan fingerprint density at radius 3 is 2.16 bits per heavy atom. The van der Waals surface area contributed by atoms with Crippen molar-refractivity contribution in [2.75, 3.05) is 0 Å². The van der Waals surface area contributed by atoms with Crippen LogP contribution in [0.15, 0.2) is 60.8 Å². The molecule has 4 aromatic rings. The van der Waals surface area contributed by atoms with Gasteiger partial charge >= 0.3 is 0 Å². The van der Waals surface area contributed by atoms with Gasteiger partial charge < -0.3 is 4.98 Å². The molecule has 0 aliphatic heterocycles. The summed E-state index contributed by atoms with van der Waals surface area (Å²) in [5.74, 6) is 0. The van der Waals surface area contributed by atoms with Crippen LogP contribution in [0.25, 0.3) is 33.5 Å². The molecule has 1 nitrogen and oxygen atoms in total. The van der Waals surface area contributed by atoms with Crippen LogP contribution in [0.5, 0.6) is 0 Å². The summed E-state index contributed by atoms with van der Waals surface area (Å²) >= 11 is 0. The Morgan fingerprint density at radius 1 is 0.710 bits per heavy atom. The summed E-state index contributed by atoms with van der Waals surface area (Å²) in [4.78, 5) is 4.75. The molecule has 2 aliphatic rings. The van der Waals surface area contributed by atoms with Crippen LogP contribution in [0.2, 0.25) is 0 Å². The van der Waals surface area contributed by atoms with Crippen LogP contribution in [0, 0.1) is 19.9 Å². The second kappa shape index (κ2) is 7.86. The van der Waals surface area contributed by atoms with Crippen LogP contribution in [-0.2, 0) is 45.8 Å². The van der Waals surface area contributed by atoms with E-state index in [1.54, 1.807) is 0 Å². The molecule has 0 unspecified atom stereocenters. The SMILES string of the molecule is Cc1cccc(C)c1-c1ccnc(-c2[c-]c3c4c(c2)CCc2cccc(c2-4)CC3)c1.[Ir]. The zero-order valence-electron chi connectivity index (χ0n) is 17.9. The number of pyridine rings is 1. The maximum atomic E-state index is 4.75. The Bertz CT molecular complexity index is 1250. The van der Waals surface area contributed by atoms with Gasteiger partial charge in [0.2, 0.25) is 0 Å². The van der Waals surface area contributed by atoms with Gasteiger partial charge in [0.1, 0.15) is 0 Å². The average molecular weight is 579 g/mol. The Balaban J connectivity index is 0.00000204. The fourth-order valence-electron chi connectivity index (χ4n) is 5.46. The van der Waals surface area contributed by atoms with Gasteiger partial charge in [-0.15, -0.1) is 28.8 Å². The monoisotopic (exact) mass is 579 g/mol. The molecule has 0 N–H and O–H groups in total. The van der Waals surface area contributed by atoms with E-state index in [0.717, 1.165) is 36.9 Å². The van der Waals surface area contributed by atoms with E-state index in [9.17, 15) is 0 Å². The van der Waals surface area contributed by atoms with Gasteiger partial charge in [0, 0.05) is 26.3 Å². The van der Waals surface area contributed by atoms with E-state index in [0.29, 0.717) is 0 Å². The molecular formula is C29H24IrN-. The standard InChI is InChI=1S/C29H24N.Ir/c1-18-5-3-6-19(2)27(18)24-13-14-30-26(17-24)25-15-22-11-9-20-7-4-8-21-10-12-23(16-25)29(22)28(20)21;/h3-8,13-15,17H,9-12H2,1-2H3;/q-1;. The average Bonchev–Trinajstić information content (AvgIpc) is 2.77. The Labute approximate surface area is 197 Å². The molecule has 3 aromatic carbocycles. The fourth-order valence-corrected chi connectivity index (χ4v) is 5.46. The molecule has 0 atom stereocenters. The van der Waals surface area contributed by atoms with E-state index in [1.165, 1.54) is 55.6 Å². The maximum Gasteiger partial charge on any atom is 0.0166 e. The summed E-state index contributed by atoms with van der Waals surface area (Å²) in [6, 6.07) is 23.8. The molecule has 1 radical (unpaired) electrons. The Hall–Kier alpha value is -2.54. The zero-order valence-corrected chi connectivity index (χ0v) is 20.3. The third kappa shape index (κ3) is 3.30. The number of aromatic nitrogens is 1. The van der Waals surface area contributed by atoms with Crippen LogP contribution >= 0.6 is 0 Å². The molecule has 0 fully saturated rings. The van der Waals surface area contributed by atoms with Crippen molar-refractivity contribution >= 4 is 0 Å². The summed E-state index contributed by atoms with van der Waals surface area (Å²) in [6.07, 6.45) is 6.38. The van der Waals surface area contributed by atoms with Gasteiger partial charge in [-0.2, -0.15) is 0 Å².